The molecule has 0 saturated carbocycles. The third kappa shape index (κ3) is 6.97. The second kappa shape index (κ2) is 11.2. The van der Waals surface area contributed by atoms with Gasteiger partial charge in [0.25, 0.3) is 0 Å². The minimum Gasteiger partial charge on any atom is -0.376 e. The maximum atomic E-state index is 13.7. The number of ether oxygens (including phenoxy) is 1. The highest BCUT2D eigenvalue weighted by Gasteiger charge is 2.36. The van der Waals surface area contributed by atoms with Gasteiger partial charge in [-0.2, -0.15) is 4.80 Å². The van der Waals surface area contributed by atoms with Gasteiger partial charge in [-0.15, -0.1) is 10.2 Å². The summed E-state index contributed by atoms with van der Waals surface area (Å²) in [6.45, 7) is 8.18. The summed E-state index contributed by atoms with van der Waals surface area (Å²) in [5.74, 6) is -0.760. The van der Waals surface area contributed by atoms with Gasteiger partial charge in [0.15, 0.2) is 0 Å². The van der Waals surface area contributed by atoms with E-state index in [-0.39, 0.29) is 31.0 Å². The molecule has 10 heteroatoms. The van der Waals surface area contributed by atoms with E-state index in [2.05, 4.69) is 20.7 Å². The van der Waals surface area contributed by atoms with Gasteiger partial charge < -0.3 is 15.0 Å². The molecule has 2 heterocycles. The van der Waals surface area contributed by atoms with E-state index in [1.54, 1.807) is 0 Å². The van der Waals surface area contributed by atoms with Crippen LogP contribution >= 0.6 is 0 Å². The summed E-state index contributed by atoms with van der Waals surface area (Å²) in [5.41, 5.74) is 1.86. The van der Waals surface area contributed by atoms with E-state index in [0.29, 0.717) is 18.0 Å². The molecule has 1 saturated heterocycles. The Morgan fingerprint density at radius 1 is 1.16 bits per heavy atom. The molecule has 9 nitrogen and oxygen atoms in total. The maximum absolute atomic E-state index is 13.7. The van der Waals surface area contributed by atoms with Crippen LogP contribution in [0.1, 0.15) is 50.8 Å². The normalized spacial score (nSPS) is 16.4. The Labute approximate surface area is 216 Å². The lowest BCUT2D eigenvalue weighted by atomic mass is 10.0. The first-order valence-corrected chi connectivity index (χ1v) is 12.4. The molecule has 196 valence electrons. The van der Waals surface area contributed by atoms with Crippen LogP contribution in [-0.2, 0) is 20.9 Å². The summed E-state index contributed by atoms with van der Waals surface area (Å²) >= 11 is 0. The Bertz CT molecular complexity index is 1210. The van der Waals surface area contributed by atoms with Crippen molar-refractivity contribution in [2.45, 2.75) is 64.8 Å². The van der Waals surface area contributed by atoms with E-state index < -0.39 is 17.4 Å². The molecular formula is C27H33FN6O3. The summed E-state index contributed by atoms with van der Waals surface area (Å²) in [4.78, 5) is 30.0. The highest BCUT2D eigenvalue weighted by Crippen LogP contribution is 2.26. The van der Waals surface area contributed by atoms with Crippen LogP contribution in [0, 0.1) is 12.7 Å². The molecule has 37 heavy (non-hydrogen) atoms. The molecule has 1 aliphatic heterocycles. The van der Waals surface area contributed by atoms with Crippen LogP contribution in [0.3, 0.4) is 0 Å². The van der Waals surface area contributed by atoms with Gasteiger partial charge in [-0.3, -0.25) is 9.59 Å². The number of amides is 2. The summed E-state index contributed by atoms with van der Waals surface area (Å²) in [5, 5.41) is 15.5. The Morgan fingerprint density at radius 3 is 2.49 bits per heavy atom. The van der Waals surface area contributed by atoms with Crippen molar-refractivity contribution >= 4 is 11.8 Å². The minimum absolute atomic E-state index is 0.206. The molecule has 4 rings (SSSR count). The number of aromatic nitrogens is 4. The van der Waals surface area contributed by atoms with Crippen LogP contribution in [0.4, 0.5) is 4.39 Å². The molecule has 0 bridgehead atoms. The molecule has 1 aromatic heterocycles. The third-order valence-corrected chi connectivity index (χ3v) is 6.03. The van der Waals surface area contributed by atoms with Crippen molar-refractivity contribution in [1.29, 1.82) is 0 Å². The molecule has 2 aromatic carbocycles. The van der Waals surface area contributed by atoms with Crippen LogP contribution in [0.2, 0.25) is 0 Å². The number of halogens is 1. The number of aryl methyl sites for hydroxylation is 1. The highest BCUT2D eigenvalue weighted by molar-refractivity contribution is 5.89. The Balaban J connectivity index is 1.64. The smallest absolute Gasteiger partial charge is 0.247 e. The molecule has 3 aromatic rings. The number of rotatable bonds is 8. The van der Waals surface area contributed by atoms with Crippen LogP contribution in [0.5, 0.6) is 0 Å². The van der Waals surface area contributed by atoms with Gasteiger partial charge in [-0.25, -0.2) is 4.39 Å². The molecule has 1 aliphatic rings. The van der Waals surface area contributed by atoms with E-state index in [4.69, 9.17) is 4.74 Å². The Kier molecular flexibility index (Phi) is 7.97. The number of carbonyl (C=O) groups is 2. The fraction of sp³-hybridized carbons (Fsp3) is 0.444. The molecule has 2 atom stereocenters. The molecular weight excluding hydrogens is 475 g/mol. The van der Waals surface area contributed by atoms with Crippen LogP contribution in [0.15, 0.2) is 48.5 Å². The topological polar surface area (TPSA) is 102 Å². The highest BCUT2D eigenvalue weighted by atomic mass is 19.1. The maximum Gasteiger partial charge on any atom is 0.247 e. The lowest BCUT2D eigenvalue weighted by Crippen LogP contribution is -2.51. The Hall–Kier alpha value is -3.66. The van der Waals surface area contributed by atoms with Gasteiger partial charge in [0.05, 0.1) is 6.10 Å². The van der Waals surface area contributed by atoms with Gasteiger partial charge >= 0.3 is 0 Å². The monoisotopic (exact) mass is 508 g/mol. The third-order valence-electron chi connectivity index (χ3n) is 6.03. The predicted molar refractivity (Wildman–Crippen MR) is 136 cm³/mol. The molecule has 1 fully saturated rings. The molecule has 0 radical (unpaired) electrons. The van der Waals surface area contributed by atoms with Gasteiger partial charge in [0.1, 0.15) is 18.4 Å². The SMILES string of the molecule is Cc1ccc(-c2nnn(CC(=O)N(C[C@@H]3CCCO3)[C@H](C(=O)NC(C)(C)C)c3ccc(F)cc3)n2)cc1. The van der Waals surface area contributed by atoms with Gasteiger partial charge in [-0.05, 0) is 63.4 Å². The first-order chi connectivity index (χ1) is 17.6. The lowest BCUT2D eigenvalue weighted by Gasteiger charge is -2.34. The van der Waals surface area contributed by atoms with Crippen molar-refractivity contribution in [2.24, 2.45) is 0 Å². The fourth-order valence-electron chi connectivity index (χ4n) is 4.26. The number of hydrogen-bond donors (Lipinski definition) is 1. The zero-order valence-electron chi connectivity index (χ0n) is 21.6. The number of carbonyl (C=O) groups excluding carboxylic acids is 2. The number of hydrogen-bond acceptors (Lipinski definition) is 6. The minimum atomic E-state index is -0.989. The molecule has 0 aliphatic carbocycles. The average molecular weight is 509 g/mol. The van der Waals surface area contributed by atoms with E-state index in [9.17, 15) is 14.0 Å². The van der Waals surface area contributed by atoms with Crippen molar-refractivity contribution in [2.75, 3.05) is 13.2 Å². The number of nitrogens with zero attached hydrogens (tertiary/aromatic N) is 5. The van der Waals surface area contributed by atoms with Crippen molar-refractivity contribution in [3.05, 3.63) is 65.5 Å². The summed E-state index contributed by atoms with van der Waals surface area (Å²) < 4.78 is 19.5. The number of benzene rings is 2. The second-order valence-corrected chi connectivity index (χ2v) is 10.4. The van der Waals surface area contributed by atoms with Crippen molar-refractivity contribution in [3.63, 3.8) is 0 Å². The van der Waals surface area contributed by atoms with Gasteiger partial charge in [0, 0.05) is 24.3 Å². The average Bonchev–Trinajstić information content (AvgIpc) is 3.51. The van der Waals surface area contributed by atoms with Crippen molar-refractivity contribution in [1.82, 2.24) is 30.4 Å². The zero-order valence-corrected chi connectivity index (χ0v) is 21.6. The Morgan fingerprint density at radius 2 is 1.86 bits per heavy atom. The zero-order chi connectivity index (χ0) is 26.6. The standard InChI is InChI=1S/C27H33FN6O3/c1-18-7-9-20(10-8-18)25-30-32-34(31-25)17-23(35)33(16-22-6-5-15-37-22)24(26(36)29-27(2,3)4)19-11-13-21(28)14-12-19/h7-14,22,24H,5-6,15-17H2,1-4H3,(H,29,36)/t22-,24-/m0/s1. The van der Waals surface area contributed by atoms with Gasteiger partial charge in [-0.1, -0.05) is 42.0 Å². The lowest BCUT2D eigenvalue weighted by molar-refractivity contribution is -0.144. The fourth-order valence-corrected chi connectivity index (χ4v) is 4.26. The summed E-state index contributed by atoms with van der Waals surface area (Å²) in [7, 11) is 0. The van der Waals surface area contributed by atoms with E-state index in [0.717, 1.165) is 24.0 Å². The van der Waals surface area contributed by atoms with Crippen LogP contribution in [-0.4, -0.2) is 61.7 Å². The molecule has 0 unspecified atom stereocenters. The summed E-state index contributed by atoms with van der Waals surface area (Å²) in [6, 6.07) is 12.3. The molecule has 1 N–H and O–H groups in total. The summed E-state index contributed by atoms with van der Waals surface area (Å²) in [6.07, 6.45) is 1.45. The van der Waals surface area contributed by atoms with E-state index in [1.165, 1.54) is 34.0 Å². The second-order valence-electron chi connectivity index (χ2n) is 10.4. The van der Waals surface area contributed by atoms with E-state index >= 15 is 0 Å². The number of tetrazole rings is 1. The van der Waals surface area contributed by atoms with Crippen molar-refractivity contribution in [3.8, 4) is 11.4 Å². The first-order valence-electron chi connectivity index (χ1n) is 12.4. The molecule has 2 amide bonds. The van der Waals surface area contributed by atoms with Crippen LogP contribution < -0.4 is 5.32 Å². The van der Waals surface area contributed by atoms with E-state index in [1.807, 2.05) is 52.0 Å². The molecule has 0 spiro atoms. The number of nitrogens with one attached hydrogen (secondary N) is 1. The first kappa shape index (κ1) is 26.4. The van der Waals surface area contributed by atoms with Gasteiger partial charge in [0.2, 0.25) is 17.6 Å². The quantitative estimate of drug-likeness (QED) is 0.500. The predicted octanol–water partition coefficient (Wildman–Crippen LogP) is 3.45. The van der Waals surface area contributed by atoms with Crippen LogP contribution in [0.25, 0.3) is 11.4 Å². The largest absolute Gasteiger partial charge is 0.376 e. The van der Waals surface area contributed by atoms with Crippen molar-refractivity contribution < 1.29 is 18.7 Å².